The van der Waals surface area contributed by atoms with E-state index in [1.165, 1.54) is 28.8 Å². The van der Waals surface area contributed by atoms with Gasteiger partial charge in [0.25, 0.3) is 5.56 Å². The van der Waals surface area contributed by atoms with Gasteiger partial charge < -0.3 is 9.47 Å². The van der Waals surface area contributed by atoms with E-state index in [4.69, 9.17) is 0 Å². The van der Waals surface area contributed by atoms with Gasteiger partial charge in [0.15, 0.2) is 0 Å². The number of hydrogen-bond acceptors (Lipinski definition) is 5. The highest BCUT2D eigenvalue weighted by Gasteiger charge is 2.37. The molecule has 2 aromatic carbocycles. The molecular weight excluding hydrogens is 552 g/mol. The molecule has 1 fully saturated rings. The first-order chi connectivity index (χ1) is 18.2. The first kappa shape index (κ1) is 26.0. The van der Waals surface area contributed by atoms with Crippen molar-refractivity contribution in [3.8, 4) is 6.07 Å². The number of aromatic nitrogens is 2. The second-order valence-corrected chi connectivity index (χ2v) is 10.6. The maximum Gasteiger partial charge on any atom is 0.270 e. The van der Waals surface area contributed by atoms with Gasteiger partial charge in [-0.3, -0.25) is 9.69 Å². The van der Waals surface area contributed by atoms with Crippen molar-refractivity contribution >= 4 is 32.7 Å². The molecule has 2 aromatic heterocycles. The van der Waals surface area contributed by atoms with Crippen molar-refractivity contribution in [2.75, 3.05) is 18.0 Å². The zero-order valence-electron chi connectivity index (χ0n) is 21.2. The molecule has 0 N–H and O–H groups in total. The zero-order valence-corrected chi connectivity index (χ0v) is 22.8. The molecule has 0 amide bonds. The number of piperazine rings is 1. The molecule has 3 heterocycles. The number of fused-ring (bicyclic) bond motifs is 1. The third-order valence-corrected chi connectivity index (χ3v) is 7.76. The molecule has 194 valence electrons. The Morgan fingerprint density at radius 2 is 1.53 bits per heavy atom. The van der Waals surface area contributed by atoms with Crippen LogP contribution in [0, 0.1) is 23.0 Å². The standard InChI is InChI=1S/C29H26BrF2N5O/c1-17-16-37(28-23(14-33)29(38)35(3)24-12-13-25(30)34-26(24)28)18(2)15-36(17)27(19-4-8-21(31)9-5-19)20-6-10-22(32)11-7-20/h4-13,17-18,27H,15-16H2,1-3H3/t17-,18+/m1/s1. The van der Waals surface area contributed by atoms with Crippen LogP contribution in [0.1, 0.15) is 36.6 Å². The lowest BCUT2D eigenvalue weighted by atomic mass is 9.93. The van der Waals surface area contributed by atoms with E-state index in [2.05, 4.69) is 43.7 Å². The fourth-order valence-corrected chi connectivity index (χ4v) is 5.75. The van der Waals surface area contributed by atoms with Crippen molar-refractivity contribution in [3.05, 3.63) is 104 Å². The summed E-state index contributed by atoms with van der Waals surface area (Å²) in [5, 5.41) is 10.0. The minimum absolute atomic E-state index is 0.0379. The maximum absolute atomic E-state index is 13.8. The van der Waals surface area contributed by atoms with Gasteiger partial charge in [-0.1, -0.05) is 24.3 Å². The summed E-state index contributed by atoms with van der Waals surface area (Å²) in [7, 11) is 1.64. The van der Waals surface area contributed by atoms with Crippen LogP contribution in [0.5, 0.6) is 0 Å². The first-order valence-corrected chi connectivity index (χ1v) is 13.1. The zero-order chi connectivity index (χ0) is 27.1. The maximum atomic E-state index is 13.8. The molecule has 9 heteroatoms. The Morgan fingerprint density at radius 3 is 2.08 bits per heavy atom. The number of aryl methyl sites for hydroxylation is 1. The molecule has 5 rings (SSSR count). The topological polar surface area (TPSA) is 65.2 Å². The Balaban J connectivity index is 1.59. The molecule has 1 aliphatic heterocycles. The Kier molecular flexibility index (Phi) is 7.03. The van der Waals surface area contributed by atoms with Crippen molar-refractivity contribution in [1.82, 2.24) is 14.5 Å². The second-order valence-electron chi connectivity index (χ2n) is 9.75. The van der Waals surface area contributed by atoms with Gasteiger partial charge in [0.05, 0.1) is 17.2 Å². The molecule has 0 aliphatic carbocycles. The van der Waals surface area contributed by atoms with Crippen LogP contribution < -0.4 is 10.5 Å². The lowest BCUT2D eigenvalue weighted by Gasteiger charge is -2.48. The van der Waals surface area contributed by atoms with Crippen molar-refractivity contribution in [3.63, 3.8) is 0 Å². The van der Waals surface area contributed by atoms with Gasteiger partial charge in [-0.05, 0) is 77.3 Å². The predicted octanol–water partition coefficient (Wildman–Crippen LogP) is 5.53. The molecule has 2 atom stereocenters. The third kappa shape index (κ3) is 4.59. The average molecular weight is 578 g/mol. The molecule has 0 saturated carbocycles. The summed E-state index contributed by atoms with van der Waals surface area (Å²) in [6.07, 6.45) is 0. The van der Waals surface area contributed by atoms with Crippen molar-refractivity contribution < 1.29 is 8.78 Å². The van der Waals surface area contributed by atoms with Crippen LogP contribution in [0.3, 0.4) is 0 Å². The number of benzene rings is 2. The second kappa shape index (κ2) is 10.3. The fourth-order valence-electron chi connectivity index (χ4n) is 5.44. The van der Waals surface area contributed by atoms with Crippen LogP contribution in [-0.2, 0) is 7.05 Å². The largest absolute Gasteiger partial charge is 0.363 e. The molecule has 1 saturated heterocycles. The first-order valence-electron chi connectivity index (χ1n) is 12.3. The van der Waals surface area contributed by atoms with E-state index in [1.807, 2.05) is 13.0 Å². The molecule has 38 heavy (non-hydrogen) atoms. The van der Waals surface area contributed by atoms with Crippen molar-refractivity contribution in [2.45, 2.75) is 32.0 Å². The molecular formula is C29H26BrF2N5O. The molecule has 0 unspecified atom stereocenters. The molecule has 1 aliphatic rings. The Hall–Kier alpha value is -3.61. The van der Waals surface area contributed by atoms with Gasteiger partial charge in [0, 0.05) is 32.2 Å². The smallest absolute Gasteiger partial charge is 0.270 e. The summed E-state index contributed by atoms with van der Waals surface area (Å²) in [6.45, 7) is 5.23. The van der Waals surface area contributed by atoms with Gasteiger partial charge >= 0.3 is 0 Å². The van der Waals surface area contributed by atoms with Gasteiger partial charge in [-0.25, -0.2) is 13.8 Å². The Labute approximate surface area is 227 Å². The number of anilines is 1. The van der Waals surface area contributed by atoms with Gasteiger partial charge in [-0.15, -0.1) is 0 Å². The van der Waals surface area contributed by atoms with Crippen LogP contribution in [-0.4, -0.2) is 39.6 Å². The van der Waals surface area contributed by atoms with E-state index in [1.54, 1.807) is 37.4 Å². The minimum atomic E-state index is -0.364. The average Bonchev–Trinajstić information content (AvgIpc) is 2.90. The van der Waals surface area contributed by atoms with Gasteiger partial charge in [0.2, 0.25) is 0 Å². The van der Waals surface area contributed by atoms with E-state index in [-0.39, 0.29) is 40.9 Å². The van der Waals surface area contributed by atoms with Crippen molar-refractivity contribution in [1.29, 1.82) is 5.26 Å². The van der Waals surface area contributed by atoms with Crippen LogP contribution in [0.4, 0.5) is 14.5 Å². The number of nitriles is 1. The van der Waals surface area contributed by atoms with E-state index in [0.717, 1.165) is 11.1 Å². The summed E-state index contributed by atoms with van der Waals surface area (Å²) in [4.78, 5) is 22.2. The summed E-state index contributed by atoms with van der Waals surface area (Å²) < 4.78 is 29.6. The SMILES string of the molecule is C[C@@H]1CN(c2c(C#N)c(=O)n(C)c3ccc(Br)nc23)[C@@H](C)CN1C(c1ccc(F)cc1)c1ccc(F)cc1. The van der Waals surface area contributed by atoms with E-state index in [9.17, 15) is 18.8 Å². The summed E-state index contributed by atoms with van der Waals surface area (Å²) in [6, 6.07) is 18.1. The molecule has 6 nitrogen and oxygen atoms in total. The van der Waals surface area contributed by atoms with E-state index >= 15 is 0 Å². The van der Waals surface area contributed by atoms with E-state index in [0.29, 0.717) is 34.4 Å². The number of nitrogens with zero attached hydrogens (tertiary/aromatic N) is 5. The summed E-state index contributed by atoms with van der Waals surface area (Å²) >= 11 is 3.44. The third-order valence-electron chi connectivity index (χ3n) is 7.32. The highest BCUT2D eigenvalue weighted by atomic mass is 79.9. The van der Waals surface area contributed by atoms with Crippen LogP contribution >= 0.6 is 15.9 Å². The number of rotatable bonds is 4. The number of halogens is 3. The summed E-state index contributed by atoms with van der Waals surface area (Å²) in [5.74, 6) is -0.642. The minimum Gasteiger partial charge on any atom is -0.363 e. The van der Waals surface area contributed by atoms with E-state index < -0.39 is 0 Å². The van der Waals surface area contributed by atoms with Crippen LogP contribution in [0.25, 0.3) is 11.0 Å². The predicted molar refractivity (Wildman–Crippen MR) is 147 cm³/mol. The van der Waals surface area contributed by atoms with Crippen LogP contribution in [0.15, 0.2) is 70.1 Å². The fraction of sp³-hybridized carbons (Fsp3) is 0.276. The number of pyridine rings is 2. The highest BCUT2D eigenvalue weighted by molar-refractivity contribution is 9.10. The highest BCUT2D eigenvalue weighted by Crippen LogP contribution is 2.37. The van der Waals surface area contributed by atoms with Crippen molar-refractivity contribution in [2.24, 2.45) is 7.05 Å². The number of hydrogen-bond donors (Lipinski definition) is 0. The molecule has 0 radical (unpaired) electrons. The molecule has 0 bridgehead atoms. The monoisotopic (exact) mass is 577 g/mol. The quantitative estimate of drug-likeness (QED) is 0.298. The lowest BCUT2D eigenvalue weighted by molar-refractivity contribution is 0.130. The normalized spacial score (nSPS) is 18.2. The van der Waals surface area contributed by atoms with Crippen LogP contribution in [0.2, 0.25) is 0 Å². The Morgan fingerprint density at radius 1 is 0.947 bits per heavy atom. The summed E-state index contributed by atoms with van der Waals surface area (Å²) in [5.41, 5.74) is 3.25. The molecule has 4 aromatic rings. The lowest BCUT2D eigenvalue weighted by Crippen LogP contribution is -2.58. The molecule has 0 spiro atoms. The van der Waals surface area contributed by atoms with Gasteiger partial charge in [0.1, 0.15) is 33.4 Å². The Bertz CT molecular complexity index is 1550. The van der Waals surface area contributed by atoms with Gasteiger partial charge in [-0.2, -0.15) is 5.26 Å².